The fourth-order valence-electron chi connectivity index (χ4n) is 2.44. The Morgan fingerprint density at radius 2 is 1.95 bits per heavy atom. The highest BCUT2D eigenvalue weighted by Gasteiger charge is 2.09. The van der Waals surface area contributed by atoms with E-state index in [4.69, 9.17) is 4.74 Å². The van der Waals surface area contributed by atoms with Crippen molar-refractivity contribution in [3.8, 4) is 5.75 Å². The Bertz CT molecular complexity index is 790. The van der Waals surface area contributed by atoms with E-state index in [0.29, 0.717) is 5.56 Å². The third-order valence-corrected chi connectivity index (χ3v) is 4.04. The van der Waals surface area contributed by atoms with Gasteiger partial charge >= 0.3 is 0 Å². The second-order valence-corrected chi connectivity index (χ2v) is 5.76. The maximum absolute atomic E-state index is 11.3. The van der Waals surface area contributed by atoms with E-state index in [-0.39, 0.29) is 0 Å². The molecule has 0 radical (unpaired) electrons. The number of carbonyl (C=O) groups excluding carboxylic acids is 1. The lowest BCUT2D eigenvalue weighted by Gasteiger charge is -2.06. The van der Waals surface area contributed by atoms with E-state index in [1.165, 1.54) is 5.56 Å². The van der Waals surface area contributed by atoms with Gasteiger partial charge < -0.3 is 9.30 Å². The third-order valence-electron chi connectivity index (χ3n) is 3.51. The van der Waals surface area contributed by atoms with Gasteiger partial charge in [-0.15, -0.1) is 0 Å². The normalized spacial score (nSPS) is 10.8. The van der Waals surface area contributed by atoms with Crippen LogP contribution in [0.2, 0.25) is 0 Å². The molecule has 0 amide bonds. The van der Waals surface area contributed by atoms with Crippen LogP contribution in [0.1, 0.15) is 15.9 Å². The molecule has 3 nitrogen and oxygen atoms in total. The molecular formula is C17H14BrNO2. The Kier molecular flexibility index (Phi) is 3.80. The summed E-state index contributed by atoms with van der Waals surface area (Å²) < 4.78 is 8.37. The van der Waals surface area contributed by atoms with Crippen LogP contribution >= 0.6 is 15.9 Å². The number of hydrogen-bond acceptors (Lipinski definition) is 2. The number of fused-ring (bicyclic) bond motifs is 1. The minimum Gasteiger partial charge on any atom is -0.497 e. The van der Waals surface area contributed by atoms with Crippen molar-refractivity contribution in [2.75, 3.05) is 7.11 Å². The summed E-state index contributed by atoms with van der Waals surface area (Å²) in [4.78, 5) is 11.3. The molecule has 0 aliphatic heterocycles. The largest absolute Gasteiger partial charge is 0.497 e. The fraction of sp³-hybridized carbons (Fsp3) is 0.118. The van der Waals surface area contributed by atoms with Crippen LogP contribution in [-0.4, -0.2) is 18.0 Å². The van der Waals surface area contributed by atoms with E-state index in [1.807, 2.05) is 36.5 Å². The van der Waals surface area contributed by atoms with Crippen molar-refractivity contribution >= 4 is 33.1 Å². The Hall–Kier alpha value is -2.07. The first-order chi connectivity index (χ1) is 10.2. The van der Waals surface area contributed by atoms with Gasteiger partial charge in [0.1, 0.15) is 5.75 Å². The summed E-state index contributed by atoms with van der Waals surface area (Å²) in [7, 11) is 1.63. The molecule has 0 spiro atoms. The van der Waals surface area contributed by atoms with E-state index in [9.17, 15) is 4.79 Å². The number of carbonyl (C=O) groups is 1. The Morgan fingerprint density at radius 1 is 1.19 bits per heavy atom. The van der Waals surface area contributed by atoms with E-state index in [2.05, 4.69) is 32.6 Å². The van der Waals surface area contributed by atoms with Gasteiger partial charge in [0.25, 0.3) is 0 Å². The van der Waals surface area contributed by atoms with Gasteiger partial charge in [0, 0.05) is 33.7 Å². The van der Waals surface area contributed by atoms with Crippen molar-refractivity contribution in [3.63, 3.8) is 0 Å². The molecule has 0 bridgehead atoms. The standard InChI is InChI=1S/C17H14BrNO2/c1-21-15-6-7-17-16(8-15)13(11-20)10-19(17)9-12-2-4-14(18)5-3-12/h2-8,10-11H,9H2,1H3. The molecule has 2 aromatic carbocycles. The van der Waals surface area contributed by atoms with Gasteiger partial charge in [-0.3, -0.25) is 4.79 Å². The molecule has 0 N–H and O–H groups in total. The highest BCUT2D eigenvalue weighted by Crippen LogP contribution is 2.26. The summed E-state index contributed by atoms with van der Waals surface area (Å²) in [6, 6.07) is 14.0. The molecule has 4 heteroatoms. The molecular weight excluding hydrogens is 330 g/mol. The molecule has 1 aromatic heterocycles. The zero-order valence-corrected chi connectivity index (χ0v) is 13.1. The van der Waals surface area contributed by atoms with Gasteiger partial charge in [0.2, 0.25) is 0 Å². The maximum atomic E-state index is 11.3. The van der Waals surface area contributed by atoms with Crippen LogP contribution in [0.15, 0.2) is 53.1 Å². The molecule has 0 fully saturated rings. The zero-order valence-electron chi connectivity index (χ0n) is 11.5. The van der Waals surface area contributed by atoms with Crippen LogP contribution in [0.5, 0.6) is 5.75 Å². The molecule has 0 unspecified atom stereocenters. The van der Waals surface area contributed by atoms with E-state index in [0.717, 1.165) is 34.0 Å². The molecule has 3 rings (SSSR count). The molecule has 106 valence electrons. The predicted octanol–water partition coefficient (Wildman–Crippen LogP) is 4.27. The van der Waals surface area contributed by atoms with Gasteiger partial charge in [0.15, 0.2) is 6.29 Å². The lowest BCUT2D eigenvalue weighted by molar-refractivity contribution is 0.112. The average Bonchev–Trinajstić information content (AvgIpc) is 2.86. The molecule has 3 aromatic rings. The summed E-state index contributed by atoms with van der Waals surface area (Å²) in [6.07, 6.45) is 2.78. The fourth-order valence-corrected chi connectivity index (χ4v) is 2.71. The van der Waals surface area contributed by atoms with Crippen LogP contribution in [0, 0.1) is 0 Å². The van der Waals surface area contributed by atoms with Crippen molar-refractivity contribution in [1.29, 1.82) is 0 Å². The number of methoxy groups -OCH3 is 1. The Morgan fingerprint density at radius 3 is 2.62 bits per heavy atom. The molecule has 0 aliphatic carbocycles. The Labute approximate surface area is 131 Å². The SMILES string of the molecule is COc1ccc2c(c1)c(C=O)cn2Cc1ccc(Br)cc1. The summed E-state index contributed by atoms with van der Waals surface area (Å²) in [6.45, 7) is 0.726. The Balaban J connectivity index is 2.06. The summed E-state index contributed by atoms with van der Waals surface area (Å²) >= 11 is 3.43. The smallest absolute Gasteiger partial charge is 0.152 e. The van der Waals surface area contributed by atoms with Crippen LogP contribution in [0.25, 0.3) is 10.9 Å². The summed E-state index contributed by atoms with van der Waals surface area (Å²) in [5.74, 6) is 0.756. The van der Waals surface area contributed by atoms with Crippen molar-refractivity contribution in [1.82, 2.24) is 4.57 Å². The highest BCUT2D eigenvalue weighted by molar-refractivity contribution is 9.10. The quantitative estimate of drug-likeness (QED) is 0.662. The molecule has 21 heavy (non-hydrogen) atoms. The maximum Gasteiger partial charge on any atom is 0.152 e. The molecule has 0 saturated carbocycles. The van der Waals surface area contributed by atoms with Gasteiger partial charge in [-0.25, -0.2) is 0 Å². The number of hydrogen-bond donors (Lipinski definition) is 0. The van der Waals surface area contributed by atoms with Crippen LogP contribution in [0.4, 0.5) is 0 Å². The van der Waals surface area contributed by atoms with E-state index < -0.39 is 0 Å². The zero-order chi connectivity index (χ0) is 14.8. The number of halogens is 1. The molecule has 0 aliphatic rings. The first-order valence-electron chi connectivity index (χ1n) is 6.58. The number of benzene rings is 2. The van der Waals surface area contributed by atoms with Gasteiger partial charge in [-0.2, -0.15) is 0 Å². The average molecular weight is 344 g/mol. The lowest BCUT2D eigenvalue weighted by atomic mass is 10.2. The topological polar surface area (TPSA) is 31.2 Å². The third kappa shape index (κ3) is 2.72. The van der Waals surface area contributed by atoms with E-state index in [1.54, 1.807) is 7.11 Å². The van der Waals surface area contributed by atoms with Crippen molar-refractivity contribution < 1.29 is 9.53 Å². The van der Waals surface area contributed by atoms with Gasteiger partial charge in [-0.05, 0) is 35.9 Å². The second-order valence-electron chi connectivity index (χ2n) is 4.84. The second kappa shape index (κ2) is 5.74. The summed E-state index contributed by atoms with van der Waals surface area (Å²) in [5.41, 5.74) is 2.89. The molecule has 1 heterocycles. The van der Waals surface area contributed by atoms with Crippen molar-refractivity contribution in [2.45, 2.75) is 6.54 Å². The highest BCUT2D eigenvalue weighted by atomic mass is 79.9. The van der Waals surface area contributed by atoms with Crippen molar-refractivity contribution in [2.24, 2.45) is 0 Å². The summed E-state index contributed by atoms with van der Waals surface area (Å²) in [5, 5.41) is 0.918. The number of nitrogens with zero attached hydrogens (tertiary/aromatic N) is 1. The monoisotopic (exact) mass is 343 g/mol. The van der Waals surface area contributed by atoms with Gasteiger partial charge in [-0.1, -0.05) is 28.1 Å². The van der Waals surface area contributed by atoms with E-state index >= 15 is 0 Å². The number of aromatic nitrogens is 1. The number of rotatable bonds is 4. The first kappa shape index (κ1) is 13.9. The molecule has 0 saturated heterocycles. The van der Waals surface area contributed by atoms with Crippen LogP contribution in [-0.2, 0) is 6.54 Å². The van der Waals surface area contributed by atoms with Crippen LogP contribution < -0.4 is 4.74 Å². The first-order valence-corrected chi connectivity index (χ1v) is 7.37. The lowest BCUT2D eigenvalue weighted by Crippen LogP contribution is -1.97. The minimum atomic E-state index is 0.681. The van der Waals surface area contributed by atoms with Crippen molar-refractivity contribution in [3.05, 3.63) is 64.3 Å². The van der Waals surface area contributed by atoms with Crippen LogP contribution in [0.3, 0.4) is 0 Å². The number of aldehydes is 1. The van der Waals surface area contributed by atoms with Gasteiger partial charge in [0.05, 0.1) is 7.11 Å². The minimum absolute atomic E-state index is 0.681. The number of ether oxygens (including phenoxy) is 1. The predicted molar refractivity (Wildman–Crippen MR) is 87.1 cm³/mol. The molecule has 0 atom stereocenters.